The van der Waals surface area contributed by atoms with Crippen LogP contribution in [0.3, 0.4) is 0 Å². The minimum Gasteiger partial charge on any atom is -0.379 e. The van der Waals surface area contributed by atoms with Gasteiger partial charge in [-0.2, -0.15) is 0 Å². The number of rotatable bonds is 4. The zero-order valence-electron chi connectivity index (χ0n) is 10.2. The Balaban J connectivity index is 2.02. The van der Waals surface area contributed by atoms with Crippen LogP contribution >= 0.6 is 0 Å². The van der Waals surface area contributed by atoms with Crippen LogP contribution in [0.5, 0.6) is 0 Å². The molecule has 4 nitrogen and oxygen atoms in total. The third-order valence-corrected chi connectivity index (χ3v) is 2.75. The van der Waals surface area contributed by atoms with Crippen molar-refractivity contribution in [3.8, 4) is 0 Å². The molecule has 18 heavy (non-hydrogen) atoms. The van der Waals surface area contributed by atoms with Crippen molar-refractivity contribution >= 4 is 11.6 Å². The zero-order chi connectivity index (χ0) is 13.0. The normalized spacial score (nSPS) is 10.1. The number of primary amides is 1. The van der Waals surface area contributed by atoms with E-state index in [-0.39, 0.29) is 0 Å². The second-order valence-electron chi connectivity index (χ2n) is 4.06. The van der Waals surface area contributed by atoms with Crippen molar-refractivity contribution < 1.29 is 4.79 Å². The van der Waals surface area contributed by atoms with Crippen LogP contribution in [-0.2, 0) is 6.54 Å². The van der Waals surface area contributed by atoms with E-state index in [1.165, 1.54) is 0 Å². The lowest BCUT2D eigenvalue weighted by atomic mass is 10.2. The van der Waals surface area contributed by atoms with Crippen molar-refractivity contribution in [3.63, 3.8) is 0 Å². The number of hydrogen-bond acceptors (Lipinski definition) is 3. The van der Waals surface area contributed by atoms with Gasteiger partial charge in [-0.05, 0) is 42.8 Å². The molecule has 0 aliphatic carbocycles. The smallest absolute Gasteiger partial charge is 0.248 e. The summed E-state index contributed by atoms with van der Waals surface area (Å²) in [6, 6.07) is 11.0. The van der Waals surface area contributed by atoms with Crippen LogP contribution in [0.15, 0.2) is 42.6 Å². The number of benzene rings is 1. The monoisotopic (exact) mass is 241 g/mol. The Hall–Kier alpha value is -2.36. The standard InChI is InChI=1S/C14H15N3O/c1-10-3-2-8-16-13(10)9-17-12-6-4-11(5-7-12)14(15)18/h2-8,17H,9H2,1H3,(H2,15,18). The maximum Gasteiger partial charge on any atom is 0.248 e. The number of nitrogens with two attached hydrogens (primary N) is 1. The highest BCUT2D eigenvalue weighted by Crippen LogP contribution is 2.11. The molecule has 0 aliphatic heterocycles. The maximum absolute atomic E-state index is 10.9. The van der Waals surface area contributed by atoms with Crippen LogP contribution in [0.1, 0.15) is 21.6 Å². The number of aromatic nitrogens is 1. The third kappa shape index (κ3) is 2.85. The van der Waals surface area contributed by atoms with Gasteiger partial charge >= 0.3 is 0 Å². The predicted molar refractivity (Wildman–Crippen MR) is 71.3 cm³/mol. The van der Waals surface area contributed by atoms with E-state index in [0.29, 0.717) is 12.1 Å². The Kier molecular flexibility index (Phi) is 3.57. The first-order valence-corrected chi connectivity index (χ1v) is 5.71. The first-order valence-electron chi connectivity index (χ1n) is 5.71. The van der Waals surface area contributed by atoms with Crippen LogP contribution in [0.4, 0.5) is 5.69 Å². The SMILES string of the molecule is Cc1cccnc1CNc1ccc(C(N)=O)cc1. The second-order valence-corrected chi connectivity index (χ2v) is 4.06. The minimum atomic E-state index is -0.415. The molecule has 1 aromatic carbocycles. The van der Waals surface area contributed by atoms with E-state index in [9.17, 15) is 4.79 Å². The maximum atomic E-state index is 10.9. The van der Waals surface area contributed by atoms with Gasteiger partial charge in [0, 0.05) is 17.4 Å². The van der Waals surface area contributed by atoms with Gasteiger partial charge in [-0.25, -0.2) is 0 Å². The number of carbonyl (C=O) groups is 1. The van der Waals surface area contributed by atoms with Gasteiger partial charge in [0.15, 0.2) is 0 Å². The van der Waals surface area contributed by atoms with Gasteiger partial charge in [0.1, 0.15) is 0 Å². The molecule has 1 amide bonds. The number of nitrogens with one attached hydrogen (secondary N) is 1. The highest BCUT2D eigenvalue weighted by atomic mass is 16.1. The summed E-state index contributed by atoms with van der Waals surface area (Å²) in [6.45, 7) is 2.68. The number of carbonyl (C=O) groups excluding carboxylic acids is 1. The molecule has 0 spiro atoms. The van der Waals surface area contributed by atoms with Crippen LogP contribution in [0.2, 0.25) is 0 Å². The van der Waals surface area contributed by atoms with Crippen molar-refractivity contribution in [2.24, 2.45) is 5.73 Å². The molecule has 0 radical (unpaired) electrons. The van der Waals surface area contributed by atoms with Gasteiger partial charge in [0.2, 0.25) is 5.91 Å². The van der Waals surface area contributed by atoms with E-state index in [0.717, 1.165) is 16.9 Å². The van der Waals surface area contributed by atoms with Crippen LogP contribution in [0.25, 0.3) is 0 Å². The highest BCUT2D eigenvalue weighted by molar-refractivity contribution is 5.93. The first kappa shape index (κ1) is 12.1. The molecule has 0 fully saturated rings. The number of hydrogen-bond donors (Lipinski definition) is 2. The Labute approximate surface area is 106 Å². The summed E-state index contributed by atoms with van der Waals surface area (Å²) in [6.07, 6.45) is 1.78. The molecule has 0 bridgehead atoms. The van der Waals surface area contributed by atoms with Crippen LogP contribution in [0, 0.1) is 6.92 Å². The Morgan fingerprint density at radius 2 is 2.00 bits per heavy atom. The van der Waals surface area contributed by atoms with E-state index >= 15 is 0 Å². The summed E-state index contributed by atoms with van der Waals surface area (Å²) in [5.41, 5.74) is 8.79. The topological polar surface area (TPSA) is 68.0 Å². The highest BCUT2D eigenvalue weighted by Gasteiger charge is 2.01. The molecule has 0 atom stereocenters. The lowest BCUT2D eigenvalue weighted by molar-refractivity contribution is 0.100. The zero-order valence-corrected chi connectivity index (χ0v) is 10.2. The van der Waals surface area contributed by atoms with Crippen molar-refractivity contribution in [1.29, 1.82) is 0 Å². The minimum absolute atomic E-state index is 0.415. The van der Waals surface area contributed by atoms with E-state index in [2.05, 4.69) is 10.3 Å². The molecular formula is C14H15N3O. The summed E-state index contributed by atoms with van der Waals surface area (Å²) >= 11 is 0. The fourth-order valence-electron chi connectivity index (χ4n) is 1.64. The quantitative estimate of drug-likeness (QED) is 0.861. The van der Waals surface area contributed by atoms with E-state index in [1.807, 2.05) is 31.2 Å². The van der Waals surface area contributed by atoms with Crippen LogP contribution in [-0.4, -0.2) is 10.9 Å². The number of anilines is 1. The molecule has 0 saturated carbocycles. The largest absolute Gasteiger partial charge is 0.379 e. The van der Waals surface area contributed by atoms with Crippen LogP contribution < -0.4 is 11.1 Å². The van der Waals surface area contributed by atoms with Gasteiger partial charge < -0.3 is 11.1 Å². The van der Waals surface area contributed by atoms with Gasteiger partial charge in [-0.3, -0.25) is 9.78 Å². The lowest BCUT2D eigenvalue weighted by Gasteiger charge is -2.08. The summed E-state index contributed by atoms with van der Waals surface area (Å²) < 4.78 is 0. The number of aryl methyl sites for hydroxylation is 1. The molecule has 92 valence electrons. The van der Waals surface area contributed by atoms with Gasteiger partial charge in [-0.15, -0.1) is 0 Å². The molecular weight excluding hydrogens is 226 g/mol. The van der Waals surface area contributed by atoms with Crippen molar-refractivity contribution in [3.05, 3.63) is 59.4 Å². The Morgan fingerprint density at radius 3 is 2.61 bits per heavy atom. The second kappa shape index (κ2) is 5.31. The molecule has 2 rings (SSSR count). The number of pyridine rings is 1. The fourth-order valence-corrected chi connectivity index (χ4v) is 1.64. The molecule has 0 aliphatic rings. The van der Waals surface area contributed by atoms with Gasteiger partial charge in [0.05, 0.1) is 12.2 Å². The molecule has 0 saturated heterocycles. The molecule has 1 heterocycles. The summed E-state index contributed by atoms with van der Waals surface area (Å²) in [4.78, 5) is 15.2. The molecule has 3 N–H and O–H groups in total. The van der Waals surface area contributed by atoms with E-state index < -0.39 is 5.91 Å². The Bertz CT molecular complexity index is 549. The molecule has 0 unspecified atom stereocenters. The average Bonchev–Trinajstić information content (AvgIpc) is 2.38. The predicted octanol–water partition coefficient (Wildman–Crippen LogP) is 2.10. The molecule has 4 heteroatoms. The Morgan fingerprint density at radius 1 is 1.28 bits per heavy atom. The molecule has 1 aromatic heterocycles. The summed E-state index contributed by atoms with van der Waals surface area (Å²) in [5, 5.41) is 3.25. The number of amides is 1. The van der Waals surface area contributed by atoms with Crippen molar-refractivity contribution in [2.45, 2.75) is 13.5 Å². The number of nitrogens with zero attached hydrogens (tertiary/aromatic N) is 1. The van der Waals surface area contributed by atoms with Gasteiger partial charge in [-0.1, -0.05) is 6.07 Å². The van der Waals surface area contributed by atoms with Crippen molar-refractivity contribution in [2.75, 3.05) is 5.32 Å². The van der Waals surface area contributed by atoms with E-state index in [1.54, 1.807) is 18.3 Å². The summed E-state index contributed by atoms with van der Waals surface area (Å²) in [5.74, 6) is -0.415. The molecule has 2 aromatic rings. The summed E-state index contributed by atoms with van der Waals surface area (Å²) in [7, 11) is 0. The van der Waals surface area contributed by atoms with Gasteiger partial charge in [0.25, 0.3) is 0 Å². The first-order chi connectivity index (χ1) is 8.66. The lowest BCUT2D eigenvalue weighted by Crippen LogP contribution is -2.10. The third-order valence-electron chi connectivity index (χ3n) is 2.75. The fraction of sp³-hybridized carbons (Fsp3) is 0.143. The van der Waals surface area contributed by atoms with E-state index in [4.69, 9.17) is 5.73 Å². The van der Waals surface area contributed by atoms with Crippen molar-refractivity contribution in [1.82, 2.24) is 4.98 Å². The average molecular weight is 241 g/mol.